The fourth-order valence-corrected chi connectivity index (χ4v) is 6.77. The number of hydrogen-bond acceptors (Lipinski definition) is 9. The van der Waals surface area contributed by atoms with Crippen molar-refractivity contribution in [3.8, 4) is 5.75 Å². The second-order valence-corrected chi connectivity index (χ2v) is 12.0. The van der Waals surface area contributed by atoms with Crippen LogP contribution in [0.2, 0.25) is 0 Å². The first-order valence-electron chi connectivity index (χ1n) is 15.6. The molecule has 4 aliphatic rings. The number of ether oxygens (including phenoxy) is 4. The first-order valence-corrected chi connectivity index (χ1v) is 15.6. The van der Waals surface area contributed by atoms with Gasteiger partial charge in [0, 0.05) is 12.1 Å². The molecule has 1 aromatic rings. The minimum absolute atomic E-state index is 0.0412. The average molecular weight is 612 g/mol. The Kier molecular flexibility index (Phi) is 10.7. The van der Waals surface area contributed by atoms with Crippen LogP contribution >= 0.6 is 0 Å². The van der Waals surface area contributed by atoms with Crippen molar-refractivity contribution >= 4 is 24.0 Å². The molecule has 0 saturated heterocycles. The van der Waals surface area contributed by atoms with Crippen LogP contribution in [-0.4, -0.2) is 55.7 Å². The van der Waals surface area contributed by atoms with E-state index in [4.69, 9.17) is 18.9 Å². The van der Waals surface area contributed by atoms with Crippen LogP contribution in [0.3, 0.4) is 0 Å². The van der Waals surface area contributed by atoms with Crippen molar-refractivity contribution in [3.63, 3.8) is 0 Å². The van der Waals surface area contributed by atoms with Crippen LogP contribution in [0.1, 0.15) is 51.4 Å². The molecule has 4 unspecified atom stereocenters. The summed E-state index contributed by atoms with van der Waals surface area (Å²) in [5.41, 5.74) is -0.157. The van der Waals surface area contributed by atoms with E-state index in [2.05, 4.69) is 34.9 Å². The van der Waals surface area contributed by atoms with Crippen LogP contribution in [0.15, 0.2) is 48.6 Å². The van der Waals surface area contributed by atoms with Gasteiger partial charge in [-0.05, 0) is 99.0 Å². The first kappa shape index (κ1) is 31.3. The van der Waals surface area contributed by atoms with Crippen molar-refractivity contribution in [1.82, 2.24) is 10.6 Å². The maximum absolute atomic E-state index is 12.5. The minimum atomic E-state index is -1.10. The van der Waals surface area contributed by atoms with Crippen molar-refractivity contribution < 1.29 is 38.3 Å². The van der Waals surface area contributed by atoms with Crippen molar-refractivity contribution in [1.29, 1.82) is 0 Å². The molecule has 0 aromatic heterocycles. The molecule has 2 amide bonds. The number of amides is 2. The molecule has 5 rings (SSSR count). The van der Waals surface area contributed by atoms with Gasteiger partial charge in [0.05, 0.1) is 31.2 Å². The summed E-state index contributed by atoms with van der Waals surface area (Å²) in [6.45, 7) is 0.378. The van der Waals surface area contributed by atoms with E-state index in [1.807, 2.05) is 0 Å². The quantitative estimate of drug-likeness (QED) is 0.0775. The van der Waals surface area contributed by atoms with E-state index in [1.165, 1.54) is 24.3 Å². The number of fused-ring (bicyclic) bond motifs is 2. The number of carbonyl (C=O) groups is 3. The van der Waals surface area contributed by atoms with Gasteiger partial charge in [-0.25, -0.2) is 14.4 Å². The molecule has 0 radical (unpaired) electrons. The Morgan fingerprint density at radius 1 is 0.750 bits per heavy atom. The van der Waals surface area contributed by atoms with E-state index in [0.717, 1.165) is 51.4 Å². The maximum atomic E-state index is 12.5. The summed E-state index contributed by atoms with van der Waals surface area (Å²) in [7, 11) is 0. The van der Waals surface area contributed by atoms with Crippen LogP contribution in [0.4, 0.5) is 20.1 Å². The SMILES string of the molecule is O=C(NCC(CNC(=O)OCC1C2CC/C=C/CCC21)OC(=O)Oc1ccc([N+](=O)[O-])cc1)OCC1C2CC/C=C/CCC21. The summed E-state index contributed by atoms with van der Waals surface area (Å²) >= 11 is 0. The molecular weight excluding hydrogens is 570 g/mol. The van der Waals surface area contributed by atoms with Crippen molar-refractivity contribution in [2.45, 2.75) is 57.5 Å². The number of allylic oxidation sites excluding steroid dienone is 4. The lowest BCUT2D eigenvalue weighted by Crippen LogP contribution is -2.43. The highest BCUT2D eigenvalue weighted by Crippen LogP contribution is 2.53. The Balaban J connectivity index is 1.07. The zero-order chi connectivity index (χ0) is 30.9. The van der Waals surface area contributed by atoms with E-state index in [-0.39, 0.29) is 24.5 Å². The molecule has 0 spiro atoms. The Bertz CT molecular complexity index is 1140. The van der Waals surface area contributed by atoms with E-state index >= 15 is 0 Å². The first-order chi connectivity index (χ1) is 21.4. The third-order valence-corrected chi connectivity index (χ3v) is 9.29. The number of hydrogen-bond donors (Lipinski definition) is 2. The fourth-order valence-electron chi connectivity index (χ4n) is 6.77. The lowest BCUT2D eigenvalue weighted by molar-refractivity contribution is -0.384. The van der Waals surface area contributed by atoms with Gasteiger partial charge >= 0.3 is 18.3 Å². The van der Waals surface area contributed by atoms with Gasteiger partial charge < -0.3 is 29.6 Å². The van der Waals surface area contributed by atoms with Crippen molar-refractivity contribution in [2.24, 2.45) is 35.5 Å². The molecule has 2 fully saturated rings. The predicted octanol–water partition coefficient (Wildman–Crippen LogP) is 5.92. The Morgan fingerprint density at radius 3 is 1.59 bits per heavy atom. The van der Waals surface area contributed by atoms with E-state index < -0.39 is 29.4 Å². The van der Waals surface area contributed by atoms with Crippen LogP contribution in [0, 0.1) is 45.6 Å². The fraction of sp³-hybridized carbons (Fsp3) is 0.594. The van der Waals surface area contributed by atoms with E-state index in [0.29, 0.717) is 48.7 Å². The number of nitro benzene ring substituents is 1. The molecule has 4 atom stereocenters. The molecule has 2 N–H and O–H groups in total. The second-order valence-electron chi connectivity index (χ2n) is 12.0. The molecule has 0 heterocycles. The molecule has 12 nitrogen and oxygen atoms in total. The zero-order valence-corrected chi connectivity index (χ0v) is 24.8. The average Bonchev–Trinajstić information content (AvgIpc) is 3.84. The molecule has 4 aliphatic carbocycles. The van der Waals surface area contributed by atoms with Gasteiger partial charge in [-0.15, -0.1) is 0 Å². The highest BCUT2D eigenvalue weighted by Gasteiger charge is 2.50. The smallest absolute Gasteiger partial charge is 0.449 e. The molecule has 1 aromatic carbocycles. The minimum Gasteiger partial charge on any atom is -0.449 e. The second kappa shape index (κ2) is 15.1. The number of nitro groups is 1. The summed E-state index contributed by atoms with van der Waals surface area (Å²) in [6.07, 6.45) is 14.1. The Labute approximate surface area is 256 Å². The maximum Gasteiger partial charge on any atom is 0.514 e. The van der Waals surface area contributed by atoms with Crippen molar-refractivity contribution in [3.05, 3.63) is 58.7 Å². The monoisotopic (exact) mass is 611 g/mol. The Morgan fingerprint density at radius 2 is 1.18 bits per heavy atom. The summed E-state index contributed by atoms with van der Waals surface area (Å²) in [5, 5.41) is 16.1. The lowest BCUT2D eigenvalue weighted by atomic mass is 10.1. The molecule has 44 heavy (non-hydrogen) atoms. The summed E-state index contributed by atoms with van der Waals surface area (Å²) < 4.78 is 21.4. The van der Waals surface area contributed by atoms with Gasteiger partial charge in [-0.3, -0.25) is 10.1 Å². The lowest BCUT2D eigenvalue weighted by Gasteiger charge is -2.19. The number of nitrogens with one attached hydrogen (secondary N) is 2. The number of alkyl carbamates (subject to hydrolysis) is 2. The highest BCUT2D eigenvalue weighted by molar-refractivity contribution is 5.68. The van der Waals surface area contributed by atoms with Gasteiger partial charge in [0.1, 0.15) is 11.9 Å². The summed E-state index contributed by atoms with van der Waals surface area (Å²) in [5.74, 6) is 3.09. The number of nitrogens with zero attached hydrogens (tertiary/aromatic N) is 1. The van der Waals surface area contributed by atoms with E-state index in [9.17, 15) is 24.5 Å². The molecule has 238 valence electrons. The van der Waals surface area contributed by atoms with Gasteiger partial charge in [-0.2, -0.15) is 0 Å². The van der Waals surface area contributed by atoms with Gasteiger partial charge in [0.25, 0.3) is 5.69 Å². The largest absolute Gasteiger partial charge is 0.514 e. The van der Waals surface area contributed by atoms with Gasteiger partial charge in [0.2, 0.25) is 0 Å². The number of carbonyl (C=O) groups excluding carboxylic acids is 3. The third kappa shape index (κ3) is 8.96. The molecule has 12 heteroatoms. The number of benzene rings is 1. The standard InChI is InChI=1S/C32H41N3O9/c36-30(41-19-28-24-9-5-1-2-6-10-25(24)28)33-17-23(44-32(38)43-22-15-13-21(14-16-22)35(39)40)18-34-31(37)42-20-29-26-11-7-3-4-8-12-27(26)29/h1-4,13-16,23-29H,5-12,17-20H2,(H,33,36)(H,34,37)/b2-1+,4-3+. The van der Waals surface area contributed by atoms with Crippen LogP contribution in [-0.2, 0) is 14.2 Å². The third-order valence-electron chi connectivity index (χ3n) is 9.29. The summed E-state index contributed by atoms with van der Waals surface area (Å²) in [4.78, 5) is 47.8. The number of non-ortho nitro benzene ring substituents is 1. The van der Waals surface area contributed by atoms with Crippen LogP contribution < -0.4 is 15.4 Å². The molecular formula is C32H41N3O9. The highest BCUT2D eigenvalue weighted by atomic mass is 16.7. The topological polar surface area (TPSA) is 155 Å². The van der Waals surface area contributed by atoms with Crippen LogP contribution in [0.5, 0.6) is 5.75 Å². The van der Waals surface area contributed by atoms with E-state index in [1.54, 1.807) is 0 Å². The molecule has 0 bridgehead atoms. The van der Waals surface area contributed by atoms with Gasteiger partial charge in [0.15, 0.2) is 0 Å². The molecule has 2 saturated carbocycles. The van der Waals surface area contributed by atoms with Crippen LogP contribution in [0.25, 0.3) is 0 Å². The zero-order valence-electron chi connectivity index (χ0n) is 24.8. The molecule has 0 aliphatic heterocycles. The van der Waals surface area contributed by atoms with Gasteiger partial charge in [-0.1, -0.05) is 24.3 Å². The van der Waals surface area contributed by atoms with Crippen molar-refractivity contribution in [2.75, 3.05) is 26.3 Å². The Hall–Kier alpha value is -4.09. The predicted molar refractivity (Wildman–Crippen MR) is 159 cm³/mol. The normalized spacial score (nSPS) is 28.8. The summed E-state index contributed by atoms with van der Waals surface area (Å²) in [6, 6.07) is 4.93. The number of rotatable bonds is 11.